The molecule has 22 heavy (non-hydrogen) atoms. The zero-order valence-electron chi connectivity index (χ0n) is 13.1. The average Bonchev–Trinajstić information content (AvgIpc) is 2.54. The molecule has 4 heteroatoms. The van der Waals surface area contributed by atoms with Crippen LogP contribution in [-0.2, 0) is 14.3 Å². The number of carbonyl (C=O) groups excluding carboxylic acids is 2. The van der Waals surface area contributed by atoms with Gasteiger partial charge >= 0.3 is 5.97 Å². The number of benzene rings is 1. The van der Waals surface area contributed by atoms with E-state index in [0.717, 1.165) is 5.56 Å². The van der Waals surface area contributed by atoms with Crippen molar-refractivity contribution in [1.29, 1.82) is 0 Å². The zero-order chi connectivity index (χ0) is 15.9. The van der Waals surface area contributed by atoms with Crippen LogP contribution in [0.4, 0.5) is 0 Å². The van der Waals surface area contributed by atoms with Crippen molar-refractivity contribution < 1.29 is 14.3 Å². The molecule has 1 aliphatic heterocycles. The molecule has 0 saturated heterocycles. The van der Waals surface area contributed by atoms with Crippen LogP contribution in [0.25, 0.3) is 0 Å². The van der Waals surface area contributed by atoms with Gasteiger partial charge in [0, 0.05) is 5.92 Å². The summed E-state index contributed by atoms with van der Waals surface area (Å²) in [7, 11) is 0. The minimum Gasteiger partial charge on any atom is -0.463 e. The molecule has 0 radical (unpaired) electrons. The molecule has 0 aliphatic carbocycles. The van der Waals surface area contributed by atoms with Gasteiger partial charge in [0.1, 0.15) is 6.61 Å². The minimum absolute atomic E-state index is 0.0248. The maximum Gasteiger partial charge on any atom is 0.309 e. The molecule has 0 aromatic heterocycles. The van der Waals surface area contributed by atoms with Crippen molar-refractivity contribution in [2.75, 3.05) is 6.61 Å². The number of cyclic esters (lactones) is 1. The number of carbonyl (C=O) groups is 2. The van der Waals surface area contributed by atoms with E-state index in [1.165, 1.54) is 0 Å². The number of nitrogens with one attached hydrogen (secondary N) is 1. The van der Waals surface area contributed by atoms with Crippen molar-refractivity contribution >= 4 is 11.9 Å². The molecule has 0 spiro atoms. The van der Waals surface area contributed by atoms with Gasteiger partial charge in [-0.3, -0.25) is 9.59 Å². The van der Waals surface area contributed by atoms with E-state index < -0.39 is 0 Å². The molecule has 1 aromatic carbocycles. The summed E-state index contributed by atoms with van der Waals surface area (Å²) in [5.74, 6) is -0.525. The number of ether oxygens (including phenoxy) is 1. The lowest BCUT2D eigenvalue weighted by molar-refractivity contribution is -0.149. The number of esters is 1. The van der Waals surface area contributed by atoms with Crippen LogP contribution in [-0.4, -0.2) is 18.5 Å². The predicted molar refractivity (Wildman–Crippen MR) is 85.0 cm³/mol. The number of hydrogen-bond donors (Lipinski definition) is 1. The normalized spacial score (nSPS) is 27.3. The molecular formula is C18H23NO3. The molecule has 2 rings (SSSR count). The molecule has 1 amide bonds. The monoisotopic (exact) mass is 301 g/mol. The quantitative estimate of drug-likeness (QED) is 0.641. The Balaban J connectivity index is 2.19. The van der Waals surface area contributed by atoms with Gasteiger partial charge in [0.2, 0.25) is 5.91 Å². The smallest absolute Gasteiger partial charge is 0.309 e. The Bertz CT molecular complexity index is 539. The molecule has 4 nitrogen and oxygen atoms in total. The summed E-state index contributed by atoms with van der Waals surface area (Å²) in [6, 6.07) is 9.29. The largest absolute Gasteiger partial charge is 0.463 e. The number of rotatable bonds is 1. The van der Waals surface area contributed by atoms with Crippen molar-refractivity contribution in [2.45, 2.75) is 32.7 Å². The molecule has 1 heterocycles. The van der Waals surface area contributed by atoms with Crippen LogP contribution in [0, 0.1) is 11.8 Å². The molecule has 1 unspecified atom stereocenters. The van der Waals surface area contributed by atoms with Crippen LogP contribution in [0.2, 0.25) is 0 Å². The van der Waals surface area contributed by atoms with Crippen molar-refractivity contribution in [3.05, 3.63) is 48.0 Å². The molecule has 0 bridgehead atoms. The summed E-state index contributed by atoms with van der Waals surface area (Å²) in [5, 5.41) is 2.99. The first-order chi connectivity index (χ1) is 10.6. The molecule has 3 atom stereocenters. The first-order valence-corrected chi connectivity index (χ1v) is 7.75. The van der Waals surface area contributed by atoms with E-state index in [4.69, 9.17) is 4.74 Å². The summed E-state index contributed by atoms with van der Waals surface area (Å²) in [6.45, 7) is 3.93. The highest BCUT2D eigenvalue weighted by Gasteiger charge is 2.22. The third-order valence-corrected chi connectivity index (χ3v) is 3.91. The highest BCUT2D eigenvalue weighted by molar-refractivity contribution is 5.79. The van der Waals surface area contributed by atoms with E-state index in [9.17, 15) is 9.59 Å². The minimum atomic E-state index is -0.310. The van der Waals surface area contributed by atoms with Gasteiger partial charge in [-0.05, 0) is 18.4 Å². The van der Waals surface area contributed by atoms with Gasteiger partial charge in [-0.1, -0.05) is 56.3 Å². The Morgan fingerprint density at radius 2 is 1.64 bits per heavy atom. The van der Waals surface area contributed by atoms with Crippen LogP contribution in [0.15, 0.2) is 42.5 Å². The van der Waals surface area contributed by atoms with E-state index in [1.807, 2.05) is 56.3 Å². The van der Waals surface area contributed by atoms with E-state index in [0.29, 0.717) is 12.8 Å². The van der Waals surface area contributed by atoms with Crippen LogP contribution in [0.1, 0.15) is 38.3 Å². The van der Waals surface area contributed by atoms with Crippen LogP contribution < -0.4 is 5.32 Å². The highest BCUT2D eigenvalue weighted by atomic mass is 16.5. The fourth-order valence-electron chi connectivity index (χ4n) is 2.33. The molecule has 0 saturated carbocycles. The lowest BCUT2D eigenvalue weighted by Gasteiger charge is -2.22. The van der Waals surface area contributed by atoms with Gasteiger partial charge < -0.3 is 10.1 Å². The van der Waals surface area contributed by atoms with Crippen molar-refractivity contribution in [2.24, 2.45) is 11.8 Å². The highest BCUT2D eigenvalue weighted by Crippen LogP contribution is 2.17. The number of amides is 1. The average molecular weight is 301 g/mol. The maximum atomic E-state index is 12.3. The van der Waals surface area contributed by atoms with Crippen molar-refractivity contribution in [1.82, 2.24) is 5.32 Å². The van der Waals surface area contributed by atoms with Crippen LogP contribution in [0.5, 0.6) is 0 Å². The van der Waals surface area contributed by atoms with Crippen molar-refractivity contribution in [3.8, 4) is 0 Å². The standard InChI is InChI=1S/C18H23NO3/c1-13-8-6-7-9-14(2)18(21)22-12-16(19-17(13)20)15-10-4-3-5-11-15/h3-7,10-11,13-14,16H,8-9,12H2,1-2H3,(H,19,20)/t13-,14+,16?/m0/s1. The van der Waals surface area contributed by atoms with E-state index in [2.05, 4.69) is 5.32 Å². The third kappa shape index (κ3) is 4.45. The Kier molecular flexibility index (Phi) is 5.75. The Morgan fingerprint density at radius 1 is 1.00 bits per heavy atom. The molecule has 1 aromatic rings. The van der Waals surface area contributed by atoms with Crippen LogP contribution in [0.3, 0.4) is 0 Å². The Hall–Kier alpha value is -2.10. The van der Waals surface area contributed by atoms with Gasteiger partial charge in [-0.15, -0.1) is 0 Å². The zero-order valence-corrected chi connectivity index (χ0v) is 13.1. The van der Waals surface area contributed by atoms with Crippen molar-refractivity contribution in [3.63, 3.8) is 0 Å². The summed E-state index contributed by atoms with van der Waals surface area (Å²) in [5.41, 5.74) is 0.941. The lowest BCUT2D eigenvalue weighted by Crippen LogP contribution is -2.36. The Labute approximate surface area is 131 Å². The Morgan fingerprint density at radius 3 is 2.32 bits per heavy atom. The van der Waals surface area contributed by atoms with E-state index in [-0.39, 0.29) is 36.4 Å². The van der Waals surface area contributed by atoms with Gasteiger partial charge in [-0.2, -0.15) is 0 Å². The fourth-order valence-corrected chi connectivity index (χ4v) is 2.33. The number of hydrogen-bond acceptors (Lipinski definition) is 3. The summed E-state index contributed by atoms with van der Waals surface area (Å²) in [4.78, 5) is 24.3. The lowest BCUT2D eigenvalue weighted by atomic mass is 10.0. The first-order valence-electron chi connectivity index (χ1n) is 7.75. The van der Waals surface area contributed by atoms with E-state index in [1.54, 1.807) is 0 Å². The van der Waals surface area contributed by atoms with Gasteiger partial charge in [0.25, 0.3) is 0 Å². The van der Waals surface area contributed by atoms with Gasteiger partial charge in [0.15, 0.2) is 0 Å². The maximum absolute atomic E-state index is 12.3. The topological polar surface area (TPSA) is 55.4 Å². The summed E-state index contributed by atoms with van der Waals surface area (Å²) in [6.07, 6.45) is 5.23. The SMILES string of the molecule is C[C@@H]1CC=CC[C@H](C)C(=O)NC(c2ccccc2)COC1=O. The molecule has 1 aliphatic rings. The second kappa shape index (κ2) is 7.78. The second-order valence-electron chi connectivity index (χ2n) is 5.85. The first kappa shape index (κ1) is 16.3. The third-order valence-electron chi connectivity index (χ3n) is 3.91. The molecular weight excluding hydrogens is 278 g/mol. The molecule has 0 fully saturated rings. The van der Waals surface area contributed by atoms with Crippen LogP contribution >= 0.6 is 0 Å². The second-order valence-corrected chi connectivity index (χ2v) is 5.85. The van der Waals surface area contributed by atoms with Gasteiger partial charge in [-0.25, -0.2) is 0 Å². The van der Waals surface area contributed by atoms with E-state index >= 15 is 0 Å². The predicted octanol–water partition coefficient (Wildman–Crippen LogP) is 3.01. The summed E-state index contributed by atoms with van der Waals surface area (Å²) >= 11 is 0. The molecule has 1 N–H and O–H groups in total. The van der Waals surface area contributed by atoms with Gasteiger partial charge in [0.05, 0.1) is 12.0 Å². The fraction of sp³-hybridized carbons (Fsp3) is 0.444. The summed E-state index contributed by atoms with van der Waals surface area (Å²) < 4.78 is 5.39. The number of allylic oxidation sites excluding steroid dienone is 2. The molecule has 118 valence electrons.